The highest BCUT2D eigenvalue weighted by Gasteiger charge is 2.40. The molecule has 2 saturated heterocycles. The first-order chi connectivity index (χ1) is 29.0. The quantitative estimate of drug-likeness (QED) is 0.116. The Morgan fingerprint density at radius 1 is 0.633 bits per heavy atom. The van der Waals surface area contributed by atoms with Crippen molar-refractivity contribution in [2.24, 2.45) is 0 Å². The number of nitrogens with zero attached hydrogens (tertiary/aromatic N) is 2. The van der Waals surface area contributed by atoms with Gasteiger partial charge in [-0.3, -0.25) is 19.2 Å². The molecule has 7 rings (SSSR count). The van der Waals surface area contributed by atoms with Crippen LogP contribution in [0.3, 0.4) is 0 Å². The minimum Gasteiger partial charge on any atom is -0.456 e. The number of furan rings is 1. The number of aryl methyl sites for hydroxylation is 1. The van der Waals surface area contributed by atoms with Crippen LogP contribution in [0.15, 0.2) is 108 Å². The van der Waals surface area contributed by atoms with E-state index in [-0.39, 0.29) is 11.8 Å². The molecule has 2 fully saturated rings. The number of carbonyl (C=O) groups is 6. The standard InChI is InChI=1S/C45H46N6O9/c1-27-24-33(47-41(53)35-17-11-23-51(35)43(55)38(49-45(57)59-3)30-14-8-5-9-15-30)25-31-26-36(60-39(27)31)28-18-20-32(21-19-28)46-40(52)34-16-10-22-50(34)42(54)37(48-44(56)58-2)29-12-6-4-7-13-29/h4-9,12-15,18-21,24-26,34-35,37-38H,10-11,16-17,22-23H2,1-3H3,(H,46,52)(H,47,53)(H,48,56)(H,49,57)/t34-,35-,37+,38+/m0/s1. The highest BCUT2D eigenvalue weighted by atomic mass is 16.5. The van der Waals surface area contributed by atoms with Crippen LogP contribution in [-0.4, -0.2) is 85.0 Å². The summed E-state index contributed by atoms with van der Waals surface area (Å²) in [5.74, 6) is -0.917. The van der Waals surface area contributed by atoms with Gasteiger partial charge in [-0.2, -0.15) is 0 Å². The lowest BCUT2D eigenvalue weighted by molar-refractivity contribution is -0.138. The molecule has 0 saturated carbocycles. The highest BCUT2D eigenvalue weighted by Crippen LogP contribution is 2.34. The molecule has 0 radical (unpaired) electrons. The van der Waals surface area contributed by atoms with Crippen LogP contribution >= 0.6 is 0 Å². The topological polar surface area (TPSA) is 189 Å². The number of anilines is 2. The number of fused-ring (bicyclic) bond motifs is 1. The maximum absolute atomic E-state index is 13.8. The number of ether oxygens (including phenoxy) is 2. The third-order valence-electron chi connectivity index (χ3n) is 10.8. The average molecular weight is 815 g/mol. The molecule has 5 aromatic rings. The summed E-state index contributed by atoms with van der Waals surface area (Å²) >= 11 is 0. The molecule has 4 aromatic carbocycles. The second kappa shape index (κ2) is 18.2. The fraction of sp³-hybridized carbons (Fsp3) is 0.289. The summed E-state index contributed by atoms with van der Waals surface area (Å²) in [6.07, 6.45) is 0.676. The van der Waals surface area contributed by atoms with Crippen molar-refractivity contribution in [1.29, 1.82) is 0 Å². The fourth-order valence-electron chi connectivity index (χ4n) is 7.87. The second-order valence-electron chi connectivity index (χ2n) is 14.7. The van der Waals surface area contributed by atoms with Gasteiger partial charge in [-0.1, -0.05) is 60.7 Å². The van der Waals surface area contributed by atoms with Gasteiger partial charge in [0.1, 0.15) is 35.5 Å². The highest BCUT2D eigenvalue weighted by molar-refractivity contribution is 6.01. The van der Waals surface area contributed by atoms with Crippen LogP contribution in [0.5, 0.6) is 0 Å². The largest absolute Gasteiger partial charge is 0.456 e. The lowest BCUT2D eigenvalue weighted by Gasteiger charge is -2.28. The Kier molecular flexibility index (Phi) is 12.4. The molecule has 6 amide bonds. The fourth-order valence-corrected chi connectivity index (χ4v) is 7.87. The van der Waals surface area contributed by atoms with E-state index in [1.54, 1.807) is 60.7 Å². The number of methoxy groups -OCH3 is 2. The van der Waals surface area contributed by atoms with E-state index in [1.807, 2.05) is 49.4 Å². The molecular weight excluding hydrogens is 769 g/mol. The van der Waals surface area contributed by atoms with Crippen LogP contribution in [0, 0.1) is 6.92 Å². The van der Waals surface area contributed by atoms with Crippen LogP contribution in [0.2, 0.25) is 0 Å². The predicted octanol–water partition coefficient (Wildman–Crippen LogP) is 6.46. The molecule has 15 nitrogen and oxygen atoms in total. The molecule has 60 heavy (non-hydrogen) atoms. The Bertz CT molecular complexity index is 2390. The minimum absolute atomic E-state index is 0.341. The Balaban J connectivity index is 1.01. The van der Waals surface area contributed by atoms with Crippen molar-refractivity contribution in [2.75, 3.05) is 37.9 Å². The number of alkyl carbamates (subject to hydrolysis) is 2. The van der Waals surface area contributed by atoms with E-state index in [9.17, 15) is 28.8 Å². The van der Waals surface area contributed by atoms with Gasteiger partial charge in [-0.25, -0.2) is 9.59 Å². The zero-order chi connectivity index (χ0) is 42.3. The molecule has 1 aromatic heterocycles. The third-order valence-corrected chi connectivity index (χ3v) is 10.8. The number of hydrogen-bond donors (Lipinski definition) is 4. The molecule has 2 aliphatic heterocycles. The molecule has 15 heteroatoms. The number of likely N-dealkylation sites (tertiary alicyclic amines) is 2. The zero-order valence-electron chi connectivity index (χ0n) is 33.4. The predicted molar refractivity (Wildman–Crippen MR) is 223 cm³/mol. The van der Waals surface area contributed by atoms with Crippen molar-refractivity contribution in [3.63, 3.8) is 0 Å². The van der Waals surface area contributed by atoms with E-state index < -0.39 is 48.2 Å². The Morgan fingerprint density at radius 3 is 1.60 bits per heavy atom. The van der Waals surface area contributed by atoms with Crippen LogP contribution in [0.25, 0.3) is 22.3 Å². The number of rotatable bonds is 11. The summed E-state index contributed by atoms with van der Waals surface area (Å²) in [6.45, 7) is 2.60. The summed E-state index contributed by atoms with van der Waals surface area (Å²) in [5, 5.41) is 11.9. The van der Waals surface area contributed by atoms with Crippen molar-refractivity contribution in [3.05, 3.63) is 120 Å². The molecule has 0 aliphatic carbocycles. The summed E-state index contributed by atoms with van der Waals surface area (Å²) < 4.78 is 15.8. The van der Waals surface area contributed by atoms with Crippen LogP contribution in [0.4, 0.5) is 21.0 Å². The van der Waals surface area contributed by atoms with E-state index >= 15 is 0 Å². The number of carbonyl (C=O) groups excluding carboxylic acids is 6. The van der Waals surface area contributed by atoms with Gasteiger partial charge in [0, 0.05) is 35.4 Å². The molecular formula is C45H46N6O9. The molecule has 0 spiro atoms. The Hall–Kier alpha value is -7.16. The molecule has 3 heterocycles. The van der Waals surface area contributed by atoms with Crippen molar-refractivity contribution >= 4 is 58.2 Å². The average Bonchev–Trinajstić information content (AvgIpc) is 4.06. The van der Waals surface area contributed by atoms with Gasteiger partial charge >= 0.3 is 12.2 Å². The van der Waals surface area contributed by atoms with Crippen LogP contribution in [0.1, 0.15) is 54.5 Å². The van der Waals surface area contributed by atoms with E-state index in [4.69, 9.17) is 13.9 Å². The summed E-state index contributed by atoms with van der Waals surface area (Å²) in [5.41, 5.74) is 4.39. The maximum Gasteiger partial charge on any atom is 0.407 e. The summed E-state index contributed by atoms with van der Waals surface area (Å²) in [6, 6.07) is 26.7. The summed E-state index contributed by atoms with van der Waals surface area (Å²) in [4.78, 5) is 82.2. The lowest BCUT2D eigenvalue weighted by Crippen LogP contribution is -2.48. The third kappa shape index (κ3) is 8.94. The van der Waals surface area contributed by atoms with Gasteiger partial charge in [0.15, 0.2) is 0 Å². The van der Waals surface area contributed by atoms with E-state index in [1.165, 1.54) is 24.0 Å². The second-order valence-corrected chi connectivity index (χ2v) is 14.7. The number of benzene rings is 4. The number of hydrogen-bond acceptors (Lipinski definition) is 9. The smallest absolute Gasteiger partial charge is 0.407 e. The van der Waals surface area contributed by atoms with Crippen molar-refractivity contribution in [2.45, 2.75) is 56.8 Å². The van der Waals surface area contributed by atoms with Crippen molar-refractivity contribution < 1.29 is 42.7 Å². The monoisotopic (exact) mass is 814 g/mol. The first-order valence-corrected chi connectivity index (χ1v) is 19.7. The van der Waals surface area contributed by atoms with Crippen molar-refractivity contribution in [3.8, 4) is 11.3 Å². The van der Waals surface area contributed by atoms with Gasteiger partial charge in [0.25, 0.3) is 11.8 Å². The first-order valence-electron chi connectivity index (χ1n) is 19.7. The Labute approximate surface area is 346 Å². The van der Waals surface area contributed by atoms with Crippen LogP contribution in [-0.2, 0) is 28.7 Å². The Morgan fingerprint density at radius 2 is 1.12 bits per heavy atom. The number of amides is 6. The van der Waals surface area contributed by atoms with Gasteiger partial charge in [-0.05, 0) is 91.8 Å². The molecule has 4 atom stereocenters. The molecule has 0 unspecified atom stereocenters. The SMILES string of the molecule is COC(=O)N[C@@H](C(=O)N1CCC[C@H]1C(=O)Nc1ccc(-c2cc3cc(NC(=O)[C@@H]4CCCN4C(=O)[C@H](NC(=O)OC)c4ccccc4)cc(C)c3o2)cc1)c1ccccc1. The van der Waals surface area contributed by atoms with Gasteiger partial charge in [0.2, 0.25) is 11.8 Å². The number of nitrogens with one attached hydrogen (secondary N) is 4. The van der Waals surface area contributed by atoms with E-state index in [0.29, 0.717) is 72.6 Å². The lowest BCUT2D eigenvalue weighted by atomic mass is 10.0. The van der Waals surface area contributed by atoms with Gasteiger partial charge in [0.05, 0.1) is 14.2 Å². The van der Waals surface area contributed by atoms with Crippen LogP contribution < -0.4 is 21.3 Å². The van der Waals surface area contributed by atoms with E-state index in [0.717, 1.165) is 16.5 Å². The minimum atomic E-state index is -1.02. The zero-order valence-corrected chi connectivity index (χ0v) is 33.4. The van der Waals surface area contributed by atoms with Gasteiger partial charge in [-0.15, -0.1) is 0 Å². The molecule has 310 valence electrons. The first kappa shape index (κ1) is 41.0. The van der Waals surface area contributed by atoms with E-state index in [2.05, 4.69) is 21.3 Å². The normalized spacial score (nSPS) is 17.1. The molecule has 2 aliphatic rings. The maximum atomic E-state index is 13.8. The van der Waals surface area contributed by atoms with Gasteiger partial charge < -0.3 is 45.0 Å². The van der Waals surface area contributed by atoms with Crippen molar-refractivity contribution in [1.82, 2.24) is 20.4 Å². The summed E-state index contributed by atoms with van der Waals surface area (Å²) in [7, 11) is 2.45. The molecule has 0 bridgehead atoms. The molecule has 4 N–H and O–H groups in total.